The van der Waals surface area contributed by atoms with Crippen LogP contribution >= 0.6 is 34.8 Å². The van der Waals surface area contributed by atoms with Crippen LogP contribution in [0.25, 0.3) is 0 Å². The fraction of sp³-hybridized carbons (Fsp3) is 0.316. The second-order valence-electron chi connectivity index (χ2n) is 6.02. The van der Waals surface area contributed by atoms with Crippen molar-refractivity contribution in [2.24, 2.45) is 5.73 Å². The monoisotopic (exact) mass is 430 g/mol. The number of phenols is 1. The minimum absolute atomic E-state index is 0.182. The number of ether oxygens (including phenoxy) is 1. The lowest BCUT2D eigenvalue weighted by atomic mass is 10.1. The Morgan fingerprint density at radius 1 is 1.07 bits per heavy atom. The lowest BCUT2D eigenvalue weighted by Gasteiger charge is -2.13. The zero-order chi connectivity index (χ0) is 19.8. The number of carbonyl (C=O) groups excluding carboxylic acids is 1. The Bertz CT molecular complexity index is 770. The molecule has 0 radical (unpaired) electrons. The molecule has 0 aliphatic carbocycles. The van der Waals surface area contributed by atoms with Gasteiger partial charge >= 0.3 is 0 Å². The minimum atomic E-state index is -0.638. The zero-order valence-electron chi connectivity index (χ0n) is 14.6. The van der Waals surface area contributed by atoms with Crippen LogP contribution in [0.1, 0.15) is 18.4 Å². The number of aromatic hydroxyl groups is 1. The van der Waals surface area contributed by atoms with Gasteiger partial charge in [-0.2, -0.15) is 0 Å². The van der Waals surface area contributed by atoms with E-state index in [2.05, 4.69) is 5.32 Å². The summed E-state index contributed by atoms with van der Waals surface area (Å²) in [6.45, 7) is 0.938. The van der Waals surface area contributed by atoms with Crippen LogP contribution < -0.4 is 15.8 Å². The molecule has 0 spiro atoms. The molecule has 1 unspecified atom stereocenters. The Kier molecular flexibility index (Phi) is 8.51. The molecule has 0 aliphatic heterocycles. The summed E-state index contributed by atoms with van der Waals surface area (Å²) in [7, 11) is 0. The molecule has 0 saturated heterocycles. The van der Waals surface area contributed by atoms with Crippen molar-refractivity contribution in [3.63, 3.8) is 0 Å². The Hall–Kier alpha value is -1.66. The van der Waals surface area contributed by atoms with Gasteiger partial charge in [-0.25, -0.2) is 0 Å². The Labute approximate surface area is 173 Å². The molecule has 146 valence electrons. The zero-order valence-corrected chi connectivity index (χ0v) is 16.8. The standard InChI is InChI=1S/C19H21Cl3N2O3/c20-14-10-16(22)18(11-15(14)21)27-8-2-1-7-24-19(26)17(23)9-12-3-5-13(25)6-4-12/h3-6,10-11,17,25H,1-2,7-9,23H2,(H,24,26). The predicted octanol–water partition coefficient (Wildman–Crippen LogP) is 4.20. The average molecular weight is 432 g/mol. The lowest BCUT2D eigenvalue weighted by Crippen LogP contribution is -2.42. The highest BCUT2D eigenvalue weighted by atomic mass is 35.5. The maximum Gasteiger partial charge on any atom is 0.237 e. The van der Waals surface area contributed by atoms with Crippen LogP contribution in [0.15, 0.2) is 36.4 Å². The highest BCUT2D eigenvalue weighted by Crippen LogP contribution is 2.33. The maximum atomic E-state index is 12.0. The summed E-state index contributed by atoms with van der Waals surface area (Å²) in [4.78, 5) is 12.0. The summed E-state index contributed by atoms with van der Waals surface area (Å²) < 4.78 is 5.58. The molecule has 1 atom stereocenters. The third-order valence-electron chi connectivity index (χ3n) is 3.83. The van der Waals surface area contributed by atoms with E-state index in [0.29, 0.717) is 40.4 Å². The molecule has 0 heterocycles. The quantitative estimate of drug-likeness (QED) is 0.410. The first-order chi connectivity index (χ1) is 12.9. The van der Waals surface area contributed by atoms with E-state index in [1.807, 2.05) is 0 Å². The van der Waals surface area contributed by atoms with E-state index in [1.54, 1.807) is 30.3 Å². The van der Waals surface area contributed by atoms with Gasteiger partial charge in [0.1, 0.15) is 11.5 Å². The average Bonchev–Trinajstić information content (AvgIpc) is 2.63. The summed E-state index contributed by atoms with van der Waals surface area (Å²) in [6, 6.07) is 9.11. The van der Waals surface area contributed by atoms with Gasteiger partial charge in [0.2, 0.25) is 5.91 Å². The maximum absolute atomic E-state index is 12.0. The van der Waals surface area contributed by atoms with E-state index in [1.165, 1.54) is 6.07 Å². The Morgan fingerprint density at radius 2 is 1.74 bits per heavy atom. The number of rotatable bonds is 9. The number of hydrogen-bond acceptors (Lipinski definition) is 4. The predicted molar refractivity (Wildman–Crippen MR) is 109 cm³/mol. The van der Waals surface area contributed by atoms with Gasteiger partial charge in [-0.05, 0) is 43.0 Å². The van der Waals surface area contributed by atoms with Crippen molar-refractivity contribution in [2.75, 3.05) is 13.2 Å². The number of phenolic OH excluding ortho intramolecular Hbond substituents is 1. The van der Waals surface area contributed by atoms with Gasteiger partial charge < -0.3 is 20.9 Å². The number of benzene rings is 2. The number of carbonyl (C=O) groups is 1. The molecular formula is C19H21Cl3N2O3. The van der Waals surface area contributed by atoms with Crippen molar-refractivity contribution >= 4 is 40.7 Å². The van der Waals surface area contributed by atoms with Crippen LogP contribution in [0, 0.1) is 0 Å². The number of nitrogens with one attached hydrogen (secondary N) is 1. The molecule has 8 heteroatoms. The first kappa shape index (κ1) is 21.6. The fourth-order valence-electron chi connectivity index (χ4n) is 2.35. The number of halogens is 3. The topological polar surface area (TPSA) is 84.6 Å². The second kappa shape index (κ2) is 10.6. The molecular weight excluding hydrogens is 411 g/mol. The molecule has 5 nitrogen and oxygen atoms in total. The van der Waals surface area contributed by atoms with E-state index in [9.17, 15) is 9.90 Å². The number of amides is 1. The van der Waals surface area contributed by atoms with Crippen molar-refractivity contribution in [1.82, 2.24) is 5.32 Å². The summed E-state index contributed by atoms with van der Waals surface area (Å²) in [5.41, 5.74) is 6.80. The summed E-state index contributed by atoms with van der Waals surface area (Å²) >= 11 is 17.8. The first-order valence-corrected chi connectivity index (χ1v) is 9.58. The van der Waals surface area contributed by atoms with Crippen molar-refractivity contribution in [1.29, 1.82) is 0 Å². The van der Waals surface area contributed by atoms with E-state index in [4.69, 9.17) is 45.3 Å². The van der Waals surface area contributed by atoms with Crippen LogP contribution in [0.5, 0.6) is 11.5 Å². The van der Waals surface area contributed by atoms with Crippen molar-refractivity contribution in [3.05, 3.63) is 57.0 Å². The molecule has 2 rings (SSSR count). The van der Waals surface area contributed by atoms with E-state index in [-0.39, 0.29) is 11.7 Å². The smallest absolute Gasteiger partial charge is 0.237 e. The van der Waals surface area contributed by atoms with Gasteiger partial charge in [0, 0.05) is 12.6 Å². The second-order valence-corrected chi connectivity index (χ2v) is 7.24. The normalized spacial score (nSPS) is 11.9. The molecule has 0 bridgehead atoms. The molecule has 0 aromatic heterocycles. The Morgan fingerprint density at radius 3 is 2.44 bits per heavy atom. The fourth-order valence-corrected chi connectivity index (χ4v) is 2.94. The third kappa shape index (κ3) is 7.11. The van der Waals surface area contributed by atoms with Crippen LogP contribution in [0.2, 0.25) is 15.1 Å². The van der Waals surface area contributed by atoms with Crippen LogP contribution in [-0.4, -0.2) is 30.2 Å². The Balaban J connectivity index is 1.64. The van der Waals surface area contributed by atoms with Gasteiger partial charge in [-0.15, -0.1) is 0 Å². The molecule has 27 heavy (non-hydrogen) atoms. The number of unbranched alkanes of at least 4 members (excludes halogenated alkanes) is 1. The SMILES string of the molecule is NC(Cc1ccc(O)cc1)C(=O)NCCCCOc1cc(Cl)c(Cl)cc1Cl. The third-order valence-corrected chi connectivity index (χ3v) is 4.85. The van der Waals surface area contributed by atoms with Crippen LogP contribution in [0.3, 0.4) is 0 Å². The van der Waals surface area contributed by atoms with Gasteiger partial charge in [-0.1, -0.05) is 46.9 Å². The highest BCUT2D eigenvalue weighted by molar-refractivity contribution is 6.43. The number of hydrogen-bond donors (Lipinski definition) is 3. The molecule has 2 aromatic carbocycles. The molecule has 0 saturated carbocycles. The molecule has 2 aromatic rings. The van der Waals surface area contributed by atoms with Crippen LogP contribution in [-0.2, 0) is 11.2 Å². The molecule has 0 fully saturated rings. The highest BCUT2D eigenvalue weighted by Gasteiger charge is 2.13. The van der Waals surface area contributed by atoms with E-state index >= 15 is 0 Å². The van der Waals surface area contributed by atoms with Gasteiger partial charge in [-0.3, -0.25) is 4.79 Å². The summed E-state index contributed by atoms with van der Waals surface area (Å²) in [6.07, 6.45) is 1.87. The van der Waals surface area contributed by atoms with Crippen molar-refractivity contribution in [2.45, 2.75) is 25.3 Å². The van der Waals surface area contributed by atoms with Crippen LogP contribution in [0.4, 0.5) is 0 Å². The number of nitrogens with two attached hydrogens (primary N) is 1. The van der Waals surface area contributed by atoms with Gasteiger partial charge in [0.25, 0.3) is 0 Å². The molecule has 4 N–H and O–H groups in total. The summed E-state index contributed by atoms with van der Waals surface area (Å²) in [5, 5.41) is 13.2. The van der Waals surface area contributed by atoms with Gasteiger partial charge in [0.05, 0.1) is 27.7 Å². The van der Waals surface area contributed by atoms with Gasteiger partial charge in [0.15, 0.2) is 0 Å². The van der Waals surface area contributed by atoms with Crippen molar-refractivity contribution in [3.8, 4) is 11.5 Å². The van der Waals surface area contributed by atoms with E-state index in [0.717, 1.165) is 18.4 Å². The first-order valence-electron chi connectivity index (χ1n) is 8.45. The molecule has 0 aliphatic rings. The van der Waals surface area contributed by atoms with Crippen molar-refractivity contribution < 1.29 is 14.6 Å². The minimum Gasteiger partial charge on any atom is -0.508 e. The largest absolute Gasteiger partial charge is 0.508 e. The van der Waals surface area contributed by atoms with E-state index < -0.39 is 6.04 Å². The molecule has 1 amide bonds. The summed E-state index contributed by atoms with van der Waals surface area (Å²) in [5.74, 6) is 0.448. The lowest BCUT2D eigenvalue weighted by molar-refractivity contribution is -0.122.